The Morgan fingerprint density at radius 2 is 2.31 bits per heavy atom. The van der Waals surface area contributed by atoms with Gasteiger partial charge in [-0.15, -0.1) is 0 Å². The lowest BCUT2D eigenvalue weighted by molar-refractivity contribution is 0.0697. The van der Waals surface area contributed by atoms with Crippen LogP contribution in [0.1, 0.15) is 10.4 Å². The van der Waals surface area contributed by atoms with Gasteiger partial charge in [0, 0.05) is 17.7 Å². The fourth-order valence-electron chi connectivity index (χ4n) is 1.43. The number of carboxylic acid groups (broad SMARTS) is 1. The molecular formula is C10H8BrN3O2. The molecule has 1 N–H and O–H groups in total. The molecule has 0 aliphatic carbocycles. The summed E-state index contributed by atoms with van der Waals surface area (Å²) in [6.45, 7) is 0. The predicted molar refractivity (Wildman–Crippen MR) is 61.1 cm³/mol. The van der Waals surface area contributed by atoms with Crippen LogP contribution in [-0.4, -0.2) is 25.8 Å². The van der Waals surface area contributed by atoms with E-state index in [-0.39, 0.29) is 5.56 Å². The highest BCUT2D eigenvalue weighted by Gasteiger charge is 2.19. The van der Waals surface area contributed by atoms with Gasteiger partial charge in [-0.05, 0) is 28.1 Å². The molecule has 0 spiro atoms. The van der Waals surface area contributed by atoms with E-state index in [0.29, 0.717) is 11.4 Å². The fraction of sp³-hybridized carbons (Fsp3) is 0.100. The average Bonchev–Trinajstić information content (AvgIpc) is 2.61. The molecule has 2 aromatic heterocycles. The van der Waals surface area contributed by atoms with Crippen LogP contribution in [-0.2, 0) is 7.05 Å². The Labute approximate surface area is 99.9 Å². The summed E-state index contributed by atoms with van der Waals surface area (Å²) in [6.07, 6.45) is 2.93. The van der Waals surface area contributed by atoms with Crippen molar-refractivity contribution in [3.05, 3.63) is 34.6 Å². The normalized spacial score (nSPS) is 10.4. The van der Waals surface area contributed by atoms with E-state index >= 15 is 0 Å². The Kier molecular flexibility index (Phi) is 2.74. The molecule has 82 valence electrons. The highest BCUT2D eigenvalue weighted by Crippen LogP contribution is 2.27. The largest absolute Gasteiger partial charge is 0.478 e. The van der Waals surface area contributed by atoms with Gasteiger partial charge in [0.05, 0.1) is 6.20 Å². The summed E-state index contributed by atoms with van der Waals surface area (Å²) in [5.41, 5.74) is 1.20. The van der Waals surface area contributed by atoms with Gasteiger partial charge in [-0.25, -0.2) is 4.79 Å². The van der Waals surface area contributed by atoms with E-state index in [2.05, 4.69) is 26.0 Å². The summed E-state index contributed by atoms with van der Waals surface area (Å²) in [5.74, 6) is -1.01. The van der Waals surface area contributed by atoms with Gasteiger partial charge in [-0.3, -0.25) is 9.67 Å². The molecule has 2 heterocycles. The van der Waals surface area contributed by atoms with Gasteiger partial charge in [0.1, 0.15) is 17.0 Å². The Morgan fingerprint density at radius 1 is 1.56 bits per heavy atom. The number of aromatic carboxylic acids is 1. The first kappa shape index (κ1) is 10.8. The Hall–Kier alpha value is -1.69. The zero-order chi connectivity index (χ0) is 11.7. The molecule has 0 bridgehead atoms. The van der Waals surface area contributed by atoms with Gasteiger partial charge in [0.25, 0.3) is 0 Å². The molecule has 0 aliphatic rings. The molecule has 0 aliphatic heterocycles. The summed E-state index contributed by atoms with van der Waals surface area (Å²) < 4.78 is 2.23. The number of pyridine rings is 1. The standard InChI is InChI=1S/C10H8BrN3O2/c1-14-9(6(5-13-14)10(15)16)8-7(11)3-2-4-12-8/h2-5H,1H3,(H,15,16). The summed E-state index contributed by atoms with van der Waals surface area (Å²) in [5, 5.41) is 13.0. The lowest BCUT2D eigenvalue weighted by Crippen LogP contribution is -2.02. The van der Waals surface area contributed by atoms with Crippen molar-refractivity contribution in [3.63, 3.8) is 0 Å². The third kappa shape index (κ3) is 1.71. The molecule has 0 fully saturated rings. The molecule has 0 radical (unpaired) electrons. The first-order valence-electron chi connectivity index (χ1n) is 4.47. The number of carboxylic acids is 1. The van der Waals surface area contributed by atoms with E-state index in [1.807, 2.05) is 0 Å². The van der Waals surface area contributed by atoms with Gasteiger partial charge in [0.2, 0.25) is 0 Å². The molecular weight excluding hydrogens is 274 g/mol. The van der Waals surface area contributed by atoms with Crippen molar-refractivity contribution in [2.24, 2.45) is 7.05 Å². The lowest BCUT2D eigenvalue weighted by Gasteiger charge is -2.04. The van der Waals surface area contributed by atoms with Crippen LogP contribution >= 0.6 is 15.9 Å². The minimum absolute atomic E-state index is 0.141. The Balaban J connectivity index is 2.68. The monoisotopic (exact) mass is 281 g/mol. The summed E-state index contributed by atoms with van der Waals surface area (Å²) in [7, 11) is 1.68. The second-order valence-corrected chi connectivity index (χ2v) is 4.02. The number of hydrogen-bond donors (Lipinski definition) is 1. The molecule has 0 saturated heterocycles. The Bertz CT molecular complexity index is 551. The minimum Gasteiger partial charge on any atom is -0.478 e. The van der Waals surface area contributed by atoms with Crippen LogP contribution in [0, 0.1) is 0 Å². The molecule has 0 amide bonds. The first-order valence-corrected chi connectivity index (χ1v) is 5.26. The van der Waals surface area contributed by atoms with E-state index in [0.717, 1.165) is 4.47 Å². The van der Waals surface area contributed by atoms with Crippen LogP contribution in [0.3, 0.4) is 0 Å². The molecule has 2 aromatic rings. The topological polar surface area (TPSA) is 68.0 Å². The zero-order valence-corrected chi connectivity index (χ0v) is 9.97. The minimum atomic E-state index is -1.01. The van der Waals surface area contributed by atoms with Crippen molar-refractivity contribution in [1.82, 2.24) is 14.8 Å². The second kappa shape index (κ2) is 4.05. The SMILES string of the molecule is Cn1ncc(C(=O)O)c1-c1ncccc1Br. The number of hydrogen-bond acceptors (Lipinski definition) is 3. The first-order chi connectivity index (χ1) is 7.61. The molecule has 0 atom stereocenters. The molecule has 5 nitrogen and oxygen atoms in total. The fourth-order valence-corrected chi connectivity index (χ4v) is 1.88. The number of carbonyl (C=O) groups is 1. The van der Waals surface area contributed by atoms with Crippen LogP contribution in [0.25, 0.3) is 11.4 Å². The third-order valence-electron chi connectivity index (χ3n) is 2.15. The smallest absolute Gasteiger partial charge is 0.339 e. The summed E-state index contributed by atoms with van der Waals surface area (Å²) in [4.78, 5) is 15.2. The van der Waals surface area contributed by atoms with Crippen molar-refractivity contribution >= 4 is 21.9 Å². The van der Waals surface area contributed by atoms with Gasteiger partial charge in [-0.1, -0.05) is 0 Å². The maximum absolute atomic E-state index is 11.0. The number of halogens is 1. The molecule has 0 aromatic carbocycles. The maximum Gasteiger partial charge on any atom is 0.339 e. The highest BCUT2D eigenvalue weighted by molar-refractivity contribution is 9.10. The quantitative estimate of drug-likeness (QED) is 0.914. The van der Waals surface area contributed by atoms with Crippen LogP contribution in [0.2, 0.25) is 0 Å². The summed E-state index contributed by atoms with van der Waals surface area (Å²) >= 11 is 3.34. The third-order valence-corrected chi connectivity index (χ3v) is 2.79. The van der Waals surface area contributed by atoms with Crippen LogP contribution in [0.4, 0.5) is 0 Å². The van der Waals surface area contributed by atoms with E-state index in [1.54, 1.807) is 25.4 Å². The van der Waals surface area contributed by atoms with Crippen LogP contribution < -0.4 is 0 Å². The highest BCUT2D eigenvalue weighted by atomic mass is 79.9. The van der Waals surface area contributed by atoms with E-state index < -0.39 is 5.97 Å². The number of aromatic nitrogens is 3. The molecule has 16 heavy (non-hydrogen) atoms. The van der Waals surface area contributed by atoms with Crippen molar-refractivity contribution < 1.29 is 9.90 Å². The molecule has 0 saturated carbocycles. The molecule has 0 unspecified atom stereocenters. The van der Waals surface area contributed by atoms with Crippen molar-refractivity contribution in [2.75, 3.05) is 0 Å². The van der Waals surface area contributed by atoms with Crippen molar-refractivity contribution in [2.45, 2.75) is 0 Å². The van der Waals surface area contributed by atoms with E-state index in [1.165, 1.54) is 10.9 Å². The lowest BCUT2D eigenvalue weighted by atomic mass is 10.2. The van der Waals surface area contributed by atoms with Crippen molar-refractivity contribution in [1.29, 1.82) is 0 Å². The number of rotatable bonds is 2. The number of aryl methyl sites for hydroxylation is 1. The van der Waals surface area contributed by atoms with Gasteiger partial charge in [0.15, 0.2) is 0 Å². The Morgan fingerprint density at radius 3 is 2.94 bits per heavy atom. The van der Waals surface area contributed by atoms with Gasteiger partial charge >= 0.3 is 5.97 Å². The van der Waals surface area contributed by atoms with E-state index in [9.17, 15) is 4.79 Å². The maximum atomic E-state index is 11.0. The summed E-state index contributed by atoms with van der Waals surface area (Å²) in [6, 6.07) is 3.57. The second-order valence-electron chi connectivity index (χ2n) is 3.17. The molecule has 2 rings (SSSR count). The van der Waals surface area contributed by atoms with Gasteiger partial charge in [-0.2, -0.15) is 5.10 Å². The van der Waals surface area contributed by atoms with Gasteiger partial charge < -0.3 is 5.11 Å². The predicted octanol–water partition coefficient (Wildman–Crippen LogP) is 1.94. The number of nitrogens with zero attached hydrogens (tertiary/aromatic N) is 3. The zero-order valence-electron chi connectivity index (χ0n) is 8.38. The van der Waals surface area contributed by atoms with E-state index in [4.69, 9.17) is 5.11 Å². The molecule has 6 heteroatoms. The van der Waals surface area contributed by atoms with Crippen molar-refractivity contribution in [3.8, 4) is 11.4 Å². The van der Waals surface area contributed by atoms with Crippen LogP contribution in [0.5, 0.6) is 0 Å². The van der Waals surface area contributed by atoms with Crippen LogP contribution in [0.15, 0.2) is 29.0 Å². The average molecular weight is 282 g/mol.